The highest BCUT2D eigenvalue weighted by Gasteiger charge is 2.49. The number of phenolic OH excluding ortho intramolecular Hbond substituents is 1. The number of Topliss-reactive ketones (excluding diaryl/α,β-unsaturated/α-hetero) is 1. The van der Waals surface area contributed by atoms with Gasteiger partial charge in [0.1, 0.15) is 42.1 Å². The molecule has 1 aromatic rings. The Hall–Kier alpha value is -5.34. The highest BCUT2D eigenvalue weighted by molar-refractivity contribution is 5.98. The number of nitrogens with zero attached hydrogens (tertiary/aromatic N) is 2. The van der Waals surface area contributed by atoms with Gasteiger partial charge >= 0.3 is 0 Å². The number of hydrogen-bond donors (Lipinski definition) is 14. The number of rotatable bonds is 20. The van der Waals surface area contributed by atoms with Crippen molar-refractivity contribution in [2.75, 3.05) is 13.1 Å². The second-order valence-corrected chi connectivity index (χ2v) is 20.9. The van der Waals surface area contributed by atoms with E-state index in [4.69, 9.17) is 5.73 Å². The van der Waals surface area contributed by atoms with Crippen LogP contribution < -0.4 is 27.0 Å². The van der Waals surface area contributed by atoms with Crippen molar-refractivity contribution in [2.45, 2.75) is 203 Å². The number of fused-ring (bicyclic) bond motifs is 2. The van der Waals surface area contributed by atoms with Crippen LogP contribution in [0.2, 0.25) is 0 Å². The highest BCUT2D eigenvalue weighted by Crippen LogP contribution is 2.30. The van der Waals surface area contributed by atoms with Gasteiger partial charge in [0, 0.05) is 38.8 Å². The molecule has 7 amide bonds. The van der Waals surface area contributed by atoms with E-state index in [0.717, 1.165) is 62.5 Å². The van der Waals surface area contributed by atoms with E-state index in [1.165, 1.54) is 18.6 Å². The Kier molecular flexibility index (Phi) is 24.3. The first-order valence-electron chi connectivity index (χ1n) is 26.2. The lowest BCUT2D eigenvalue weighted by Gasteiger charge is -2.34. The first-order valence-corrected chi connectivity index (χ1v) is 26.2. The topological polar surface area (TPSA) is 399 Å². The number of phenols is 1. The van der Waals surface area contributed by atoms with Crippen LogP contribution in [0.5, 0.6) is 5.75 Å². The van der Waals surface area contributed by atoms with Gasteiger partial charge in [0.15, 0.2) is 12.0 Å². The smallest absolute Gasteiger partial charge is 0.248 e. The van der Waals surface area contributed by atoms with Crippen LogP contribution in [0.3, 0.4) is 0 Å². The zero-order valence-electron chi connectivity index (χ0n) is 43.3. The monoisotopic (exact) mass is 1060 g/mol. The molecule has 0 saturated carbocycles. The molecule has 15 N–H and O–H groups in total. The van der Waals surface area contributed by atoms with Gasteiger partial charge in [-0.15, -0.1) is 0 Å². The summed E-state index contributed by atoms with van der Waals surface area (Å²) >= 11 is 0. The number of hydrogen-bond acceptors (Lipinski definition) is 17. The molecule has 2 unspecified atom stereocenters. The molecular weight excluding hydrogens is 983 g/mol. The SMILES string of the molecule is CCC(C)CC(C)CCCCCCCCC(=O)N[C@H]1C[C@@H](O)[C@@H](O)NC(=O)[C@@H]2[C@@H](O)CCN2C(=O)[C@H]([C@H](O)CC(N)=O)NC(=O)[C@H]([C@H](O)[C@@H](O)c2ccc(O)cc2)CC(=O)[C@@H]2C[C@@H](O)CN2C(=O)[C@H]([C@@H](C)O)NC1=O. The maximum absolute atomic E-state index is 14.4. The molecule has 16 atom stereocenters. The minimum atomic E-state index is -2.27. The Morgan fingerprint density at radius 2 is 1.37 bits per heavy atom. The number of aliphatic hydroxyl groups excluding tert-OH is 8. The Morgan fingerprint density at radius 1 is 0.760 bits per heavy atom. The summed E-state index contributed by atoms with van der Waals surface area (Å²) < 4.78 is 0. The molecule has 0 aromatic heterocycles. The molecule has 4 rings (SSSR count). The van der Waals surface area contributed by atoms with Crippen LogP contribution in [-0.4, -0.2) is 189 Å². The Morgan fingerprint density at radius 3 is 2.00 bits per heavy atom. The predicted octanol–water partition coefficient (Wildman–Crippen LogP) is -2.25. The van der Waals surface area contributed by atoms with Gasteiger partial charge in [-0.1, -0.05) is 77.8 Å². The van der Waals surface area contributed by atoms with Crippen LogP contribution in [0.25, 0.3) is 0 Å². The molecule has 0 bridgehead atoms. The van der Waals surface area contributed by atoms with Gasteiger partial charge in [0.25, 0.3) is 0 Å². The number of carbonyl (C=O) groups excluding carboxylic acids is 8. The molecular formula is C51H81N7O17. The van der Waals surface area contributed by atoms with Gasteiger partial charge < -0.3 is 82.8 Å². The molecule has 3 fully saturated rings. The fourth-order valence-electron chi connectivity index (χ4n) is 10.1. The number of nitrogens with two attached hydrogens (primary N) is 1. The van der Waals surface area contributed by atoms with Crippen LogP contribution in [0.4, 0.5) is 0 Å². The van der Waals surface area contributed by atoms with Crippen LogP contribution >= 0.6 is 0 Å². The minimum Gasteiger partial charge on any atom is -0.508 e. The molecule has 3 aliphatic heterocycles. The van der Waals surface area contributed by atoms with Crippen molar-refractivity contribution in [1.29, 1.82) is 0 Å². The van der Waals surface area contributed by atoms with E-state index >= 15 is 0 Å². The van der Waals surface area contributed by atoms with Gasteiger partial charge in [-0.05, 0) is 55.7 Å². The standard InChI is InChI=1S/C51H81N7O17/c1-5-26(2)20-27(3)12-10-8-6-7-9-11-13-40(67)53-33-23-38(65)48(72)56-49(73)43-35(62)18-19-57(43)51(75)42(37(64)24-39(52)66)55-46(70)32(45(69)44(68)29-14-16-30(60)17-15-29)22-36(63)34-21-31(61)25-58(34)50(74)41(28(4)59)54-47(33)71/h14-17,26-28,31-35,37-38,41-45,48,59-62,64-65,68-69,72H,5-13,18-25H2,1-4H3,(H2,52,66)(H,53,67)(H,54,71)(H,55,70)(H,56,73)/t26?,27?,28-,31-,32+,33+,34+,35+,37-,38-,41+,42+,43+,44+,45+,48-/m1/s1. The molecule has 75 heavy (non-hydrogen) atoms. The van der Waals surface area contributed by atoms with E-state index in [-0.39, 0.29) is 24.2 Å². The number of primary amides is 1. The summed E-state index contributed by atoms with van der Waals surface area (Å²) in [5, 5.41) is 108. The molecule has 0 spiro atoms. The van der Waals surface area contributed by atoms with Crippen molar-refractivity contribution in [3.8, 4) is 5.75 Å². The second-order valence-electron chi connectivity index (χ2n) is 20.9. The van der Waals surface area contributed by atoms with E-state index in [9.17, 15) is 84.3 Å². The highest BCUT2D eigenvalue weighted by atomic mass is 16.3. The normalized spacial score (nSPS) is 29.1. The molecule has 422 valence electrons. The first-order chi connectivity index (χ1) is 35.3. The van der Waals surface area contributed by atoms with Crippen molar-refractivity contribution >= 4 is 47.1 Å². The fourth-order valence-corrected chi connectivity index (χ4v) is 10.1. The minimum absolute atomic E-state index is 0.0725. The number of nitrogens with one attached hydrogen (secondary N) is 4. The fraction of sp³-hybridized carbons (Fsp3) is 0.725. The molecule has 3 saturated heterocycles. The van der Waals surface area contributed by atoms with E-state index < -0.39 is 171 Å². The number of aliphatic hydroxyl groups is 8. The molecule has 3 heterocycles. The lowest BCUT2D eigenvalue weighted by molar-refractivity contribution is -0.150. The molecule has 1 aromatic carbocycles. The summed E-state index contributed by atoms with van der Waals surface area (Å²) in [7, 11) is 0. The molecule has 0 radical (unpaired) electrons. The summed E-state index contributed by atoms with van der Waals surface area (Å²) in [5.41, 5.74) is 5.26. The van der Waals surface area contributed by atoms with E-state index in [1.807, 2.05) is 0 Å². The maximum Gasteiger partial charge on any atom is 0.248 e. The van der Waals surface area contributed by atoms with Crippen LogP contribution in [0, 0.1) is 17.8 Å². The van der Waals surface area contributed by atoms with Crippen LogP contribution in [0.1, 0.15) is 136 Å². The second kappa shape index (κ2) is 29.3. The predicted molar refractivity (Wildman–Crippen MR) is 267 cm³/mol. The van der Waals surface area contributed by atoms with E-state index in [1.54, 1.807) is 0 Å². The van der Waals surface area contributed by atoms with Gasteiger partial charge in [-0.2, -0.15) is 0 Å². The molecule has 0 aliphatic carbocycles. The van der Waals surface area contributed by atoms with Gasteiger partial charge in [0.05, 0.1) is 48.9 Å². The lowest BCUT2D eigenvalue weighted by atomic mass is 9.86. The number of aromatic hydroxyl groups is 1. The zero-order chi connectivity index (χ0) is 55.8. The average molecular weight is 1060 g/mol. The van der Waals surface area contributed by atoms with Crippen molar-refractivity contribution in [2.24, 2.45) is 23.5 Å². The zero-order valence-corrected chi connectivity index (χ0v) is 43.3. The number of benzene rings is 1. The summed E-state index contributed by atoms with van der Waals surface area (Å²) in [4.78, 5) is 113. The first kappa shape index (κ1) is 62.2. The third-order valence-electron chi connectivity index (χ3n) is 14.6. The van der Waals surface area contributed by atoms with Crippen molar-refractivity contribution in [3.05, 3.63) is 29.8 Å². The summed E-state index contributed by atoms with van der Waals surface area (Å²) in [6.07, 6.45) is -10.8. The average Bonchev–Trinajstić information content (AvgIpc) is 3.95. The quantitative estimate of drug-likeness (QED) is 0.0614. The van der Waals surface area contributed by atoms with Crippen LogP contribution in [0.15, 0.2) is 24.3 Å². The van der Waals surface area contributed by atoms with Crippen molar-refractivity contribution in [1.82, 2.24) is 31.1 Å². The lowest BCUT2D eigenvalue weighted by Crippen LogP contribution is -2.61. The van der Waals surface area contributed by atoms with Gasteiger partial charge in [-0.3, -0.25) is 38.4 Å². The number of ketones is 1. The molecule has 3 aliphatic rings. The Labute approximate surface area is 436 Å². The molecule has 24 nitrogen and oxygen atoms in total. The number of amides is 7. The van der Waals surface area contributed by atoms with E-state index in [0.29, 0.717) is 29.6 Å². The van der Waals surface area contributed by atoms with Crippen molar-refractivity contribution in [3.63, 3.8) is 0 Å². The summed E-state index contributed by atoms with van der Waals surface area (Å²) in [6.45, 7) is 6.84. The number of carbonyl (C=O) groups is 8. The maximum atomic E-state index is 14.4. The summed E-state index contributed by atoms with van der Waals surface area (Å²) in [6, 6.07) is -4.73. The third-order valence-corrected chi connectivity index (χ3v) is 14.6. The Bertz CT molecular complexity index is 2100. The number of unbranched alkanes of at least 4 members (excludes halogenated alkanes) is 5. The summed E-state index contributed by atoms with van der Waals surface area (Å²) in [5.74, 6) is -10.2. The van der Waals surface area contributed by atoms with Gasteiger partial charge in [-0.25, -0.2) is 0 Å². The van der Waals surface area contributed by atoms with Crippen molar-refractivity contribution < 1.29 is 84.3 Å². The third kappa shape index (κ3) is 17.9. The van der Waals surface area contributed by atoms with Crippen LogP contribution in [-0.2, 0) is 38.4 Å². The molecule has 24 heteroatoms. The largest absolute Gasteiger partial charge is 0.508 e. The van der Waals surface area contributed by atoms with Gasteiger partial charge in [0.2, 0.25) is 41.4 Å². The van der Waals surface area contributed by atoms with E-state index in [2.05, 4.69) is 42.0 Å². The Balaban J connectivity index is 1.69.